The molecule has 82 valence electrons. The van der Waals surface area contributed by atoms with Gasteiger partial charge in [-0.15, -0.1) is 0 Å². The van der Waals surface area contributed by atoms with Crippen LogP contribution in [0.1, 0.15) is 15.9 Å². The summed E-state index contributed by atoms with van der Waals surface area (Å²) in [7, 11) is 0. The van der Waals surface area contributed by atoms with Crippen molar-refractivity contribution in [3.05, 3.63) is 41.7 Å². The Morgan fingerprint density at radius 3 is 3.00 bits per heavy atom. The van der Waals surface area contributed by atoms with Crippen LogP contribution in [0.2, 0.25) is 0 Å². The van der Waals surface area contributed by atoms with Gasteiger partial charge in [0.2, 0.25) is 0 Å². The molecule has 0 saturated heterocycles. The van der Waals surface area contributed by atoms with Gasteiger partial charge in [0.1, 0.15) is 0 Å². The smallest absolute Gasteiger partial charge is 0.258 e. The fourth-order valence-electron chi connectivity index (χ4n) is 1.34. The summed E-state index contributed by atoms with van der Waals surface area (Å²) in [6, 6.07) is 5.39. The molecule has 0 aliphatic carbocycles. The van der Waals surface area contributed by atoms with Gasteiger partial charge in [0.15, 0.2) is 0 Å². The second-order valence-electron chi connectivity index (χ2n) is 3.52. The predicted octanol–water partition coefficient (Wildman–Crippen LogP) is 1.55. The number of nitrogens with zero attached hydrogens (tertiary/aromatic N) is 1. The Morgan fingerprint density at radius 2 is 2.31 bits per heavy atom. The normalized spacial score (nSPS) is 10.1. The first-order valence-electron chi connectivity index (χ1n) is 4.83. The van der Waals surface area contributed by atoms with Crippen molar-refractivity contribution in [2.75, 3.05) is 11.1 Å². The topological polar surface area (TPSA) is 83.8 Å². The number of nitrogen functional groups attached to an aromatic ring is 1. The Bertz CT molecular complexity index is 505. The van der Waals surface area contributed by atoms with E-state index in [4.69, 9.17) is 5.73 Å². The Labute approximate surface area is 92.7 Å². The highest BCUT2D eigenvalue weighted by Gasteiger charge is 2.08. The quantitative estimate of drug-likeness (QED) is 0.666. The second kappa shape index (κ2) is 4.06. The highest BCUT2D eigenvalue weighted by atomic mass is 16.1. The SMILES string of the molecule is Cc1ccc(N)cc1NC(=O)c1cn[nH]c1. The molecule has 16 heavy (non-hydrogen) atoms. The molecule has 0 saturated carbocycles. The van der Waals surface area contributed by atoms with E-state index in [1.165, 1.54) is 12.4 Å². The molecule has 1 amide bonds. The van der Waals surface area contributed by atoms with Crippen molar-refractivity contribution in [3.63, 3.8) is 0 Å². The van der Waals surface area contributed by atoms with Crippen LogP contribution in [0.15, 0.2) is 30.6 Å². The lowest BCUT2D eigenvalue weighted by Crippen LogP contribution is -2.12. The number of hydrogen-bond acceptors (Lipinski definition) is 3. The Hall–Kier alpha value is -2.30. The molecule has 5 nitrogen and oxygen atoms in total. The third-order valence-corrected chi connectivity index (χ3v) is 2.27. The summed E-state index contributed by atoms with van der Waals surface area (Å²) < 4.78 is 0. The first-order chi connectivity index (χ1) is 7.66. The van der Waals surface area contributed by atoms with E-state index in [-0.39, 0.29) is 5.91 Å². The van der Waals surface area contributed by atoms with Gasteiger partial charge in [-0.05, 0) is 24.6 Å². The maximum Gasteiger partial charge on any atom is 0.258 e. The highest BCUT2D eigenvalue weighted by Crippen LogP contribution is 2.18. The van der Waals surface area contributed by atoms with E-state index >= 15 is 0 Å². The first-order valence-corrected chi connectivity index (χ1v) is 4.83. The number of nitrogens with two attached hydrogens (primary N) is 1. The Kier molecular flexibility index (Phi) is 2.59. The maximum atomic E-state index is 11.7. The fourth-order valence-corrected chi connectivity index (χ4v) is 1.34. The number of amides is 1. The van der Waals surface area contributed by atoms with Crippen LogP contribution in [0.4, 0.5) is 11.4 Å². The molecule has 2 aromatic rings. The minimum Gasteiger partial charge on any atom is -0.399 e. The highest BCUT2D eigenvalue weighted by molar-refractivity contribution is 6.04. The van der Waals surface area contributed by atoms with Gasteiger partial charge in [-0.2, -0.15) is 5.10 Å². The number of rotatable bonds is 2. The molecule has 1 heterocycles. The number of aryl methyl sites for hydroxylation is 1. The molecule has 0 fully saturated rings. The van der Waals surface area contributed by atoms with E-state index < -0.39 is 0 Å². The minimum atomic E-state index is -0.206. The molecule has 5 heteroatoms. The molecule has 0 bridgehead atoms. The number of hydrogen-bond donors (Lipinski definition) is 3. The zero-order valence-electron chi connectivity index (χ0n) is 8.82. The third kappa shape index (κ3) is 2.03. The predicted molar refractivity (Wildman–Crippen MR) is 62.1 cm³/mol. The molecule has 0 aliphatic rings. The Balaban J connectivity index is 2.21. The van der Waals surface area contributed by atoms with Gasteiger partial charge in [-0.1, -0.05) is 6.07 Å². The van der Waals surface area contributed by atoms with Crippen molar-refractivity contribution in [1.29, 1.82) is 0 Å². The van der Waals surface area contributed by atoms with Gasteiger partial charge >= 0.3 is 0 Å². The van der Waals surface area contributed by atoms with Gasteiger partial charge in [0.25, 0.3) is 5.91 Å². The largest absolute Gasteiger partial charge is 0.399 e. The Morgan fingerprint density at radius 1 is 1.50 bits per heavy atom. The van der Waals surface area contributed by atoms with Crippen LogP contribution in [-0.4, -0.2) is 16.1 Å². The molecule has 2 rings (SSSR count). The van der Waals surface area contributed by atoms with Crippen LogP contribution >= 0.6 is 0 Å². The molecule has 1 aromatic carbocycles. The van der Waals surface area contributed by atoms with Gasteiger partial charge < -0.3 is 11.1 Å². The van der Waals surface area contributed by atoms with Crippen LogP contribution < -0.4 is 11.1 Å². The van der Waals surface area contributed by atoms with E-state index in [0.717, 1.165) is 5.56 Å². The van der Waals surface area contributed by atoms with E-state index in [1.54, 1.807) is 12.1 Å². The van der Waals surface area contributed by atoms with Crippen LogP contribution in [-0.2, 0) is 0 Å². The molecule has 0 spiro atoms. The summed E-state index contributed by atoms with van der Waals surface area (Å²) in [4.78, 5) is 11.7. The summed E-state index contributed by atoms with van der Waals surface area (Å²) in [5.74, 6) is -0.206. The number of nitrogens with one attached hydrogen (secondary N) is 2. The number of carbonyl (C=O) groups is 1. The van der Waals surface area contributed by atoms with Crippen molar-refractivity contribution in [2.24, 2.45) is 0 Å². The van der Waals surface area contributed by atoms with E-state index in [2.05, 4.69) is 15.5 Å². The molecular weight excluding hydrogens is 204 g/mol. The monoisotopic (exact) mass is 216 g/mol. The lowest BCUT2D eigenvalue weighted by atomic mass is 10.1. The summed E-state index contributed by atoms with van der Waals surface area (Å²) in [6.07, 6.45) is 3.01. The zero-order valence-corrected chi connectivity index (χ0v) is 8.82. The number of anilines is 2. The van der Waals surface area contributed by atoms with Crippen LogP contribution in [0, 0.1) is 6.92 Å². The number of carbonyl (C=O) groups excluding carboxylic acids is 1. The van der Waals surface area contributed by atoms with Crippen molar-refractivity contribution in [2.45, 2.75) is 6.92 Å². The van der Waals surface area contributed by atoms with E-state index in [1.807, 2.05) is 13.0 Å². The number of benzene rings is 1. The van der Waals surface area contributed by atoms with Crippen LogP contribution in [0.3, 0.4) is 0 Å². The standard InChI is InChI=1S/C11H12N4O/c1-7-2-3-9(12)4-10(7)15-11(16)8-5-13-14-6-8/h2-6H,12H2,1H3,(H,13,14)(H,15,16). The fraction of sp³-hybridized carbons (Fsp3) is 0.0909. The zero-order chi connectivity index (χ0) is 11.5. The maximum absolute atomic E-state index is 11.7. The van der Waals surface area contributed by atoms with E-state index in [9.17, 15) is 4.79 Å². The molecule has 4 N–H and O–H groups in total. The molecule has 0 unspecified atom stereocenters. The first kappa shape index (κ1) is 10.2. The number of aromatic nitrogens is 2. The third-order valence-electron chi connectivity index (χ3n) is 2.27. The van der Waals surface area contributed by atoms with Crippen molar-refractivity contribution in [3.8, 4) is 0 Å². The average molecular weight is 216 g/mol. The molecule has 0 aliphatic heterocycles. The van der Waals surface area contributed by atoms with Crippen LogP contribution in [0.25, 0.3) is 0 Å². The molecule has 0 radical (unpaired) electrons. The average Bonchev–Trinajstić information content (AvgIpc) is 2.76. The van der Waals surface area contributed by atoms with Gasteiger partial charge in [-0.3, -0.25) is 9.89 Å². The molecule has 1 aromatic heterocycles. The lowest BCUT2D eigenvalue weighted by Gasteiger charge is -2.07. The van der Waals surface area contributed by atoms with Gasteiger partial charge in [0.05, 0.1) is 11.8 Å². The summed E-state index contributed by atoms with van der Waals surface area (Å²) in [5, 5.41) is 9.08. The van der Waals surface area contributed by atoms with Crippen molar-refractivity contribution < 1.29 is 4.79 Å². The van der Waals surface area contributed by atoms with E-state index in [0.29, 0.717) is 16.9 Å². The molecular formula is C11H12N4O. The van der Waals surface area contributed by atoms with Crippen molar-refractivity contribution >= 4 is 17.3 Å². The van der Waals surface area contributed by atoms with Gasteiger partial charge in [-0.25, -0.2) is 0 Å². The summed E-state index contributed by atoms with van der Waals surface area (Å²) >= 11 is 0. The second-order valence-corrected chi connectivity index (χ2v) is 3.52. The number of H-pyrrole nitrogens is 1. The van der Waals surface area contributed by atoms with Crippen molar-refractivity contribution in [1.82, 2.24) is 10.2 Å². The number of aromatic amines is 1. The summed E-state index contributed by atoms with van der Waals surface area (Å²) in [6.45, 7) is 1.91. The van der Waals surface area contributed by atoms with Gasteiger partial charge in [0, 0.05) is 17.6 Å². The van der Waals surface area contributed by atoms with Crippen LogP contribution in [0.5, 0.6) is 0 Å². The summed E-state index contributed by atoms with van der Waals surface area (Å²) in [5.41, 5.74) is 8.44. The molecule has 0 atom stereocenters. The minimum absolute atomic E-state index is 0.206. The lowest BCUT2D eigenvalue weighted by molar-refractivity contribution is 0.102.